The Morgan fingerprint density at radius 2 is 1.12 bits per heavy atom. The van der Waals surface area contributed by atoms with Crippen LogP contribution in [-0.4, -0.2) is 58.2 Å². The standard InChI is InChI=1S/C5H10O5P.2C4H9O5P.2Li/c1-3-8-5(6)10-11(7)9-4-2;2*1-3-9-10(6,7)4(5)8-2;;/h3-4H2,1-2H3;2*3H2,1-2H3,(H,6,7);;/q+1;;;2*+1/p-2. The van der Waals surface area contributed by atoms with Gasteiger partial charge in [0.15, 0.2) is 0 Å². The van der Waals surface area contributed by atoms with Crippen molar-refractivity contribution in [3.05, 3.63) is 0 Å². The summed E-state index contributed by atoms with van der Waals surface area (Å²) in [4.78, 5) is 52.0. The molecule has 0 aromatic heterocycles. The van der Waals surface area contributed by atoms with Gasteiger partial charge in [0, 0.05) is 4.57 Å². The van der Waals surface area contributed by atoms with Crippen LogP contribution >= 0.6 is 23.4 Å². The molecule has 0 heterocycles. The molecule has 0 bridgehead atoms. The van der Waals surface area contributed by atoms with Gasteiger partial charge in [0.1, 0.15) is 6.61 Å². The SMILES string of the molecule is CCOC(=O)O[P+](=O)OCC.CCOP(=O)([O-])C(=O)OC.CCOP(=O)([O-])C(=O)OC.[Li+].[Li+]. The molecule has 0 aliphatic carbocycles. The van der Waals surface area contributed by atoms with Crippen molar-refractivity contribution in [3.63, 3.8) is 0 Å². The van der Waals surface area contributed by atoms with Crippen LogP contribution in [0.3, 0.4) is 0 Å². The van der Waals surface area contributed by atoms with Crippen LogP contribution in [0.25, 0.3) is 0 Å². The Labute approximate surface area is 216 Å². The molecule has 0 aliphatic heterocycles. The van der Waals surface area contributed by atoms with E-state index in [4.69, 9.17) is 0 Å². The van der Waals surface area contributed by atoms with E-state index in [1.165, 1.54) is 13.8 Å². The third-order valence-electron chi connectivity index (χ3n) is 2.04. The molecule has 0 fully saturated rings. The molecule has 0 spiro atoms. The van der Waals surface area contributed by atoms with Crippen LogP contribution in [0.1, 0.15) is 27.7 Å². The van der Waals surface area contributed by atoms with Crippen molar-refractivity contribution >= 4 is 41.0 Å². The topological polar surface area (TPSA) is 213 Å². The summed E-state index contributed by atoms with van der Waals surface area (Å²) in [6.07, 6.45) is -0.970. The molecule has 0 N–H and O–H groups in total. The van der Waals surface area contributed by atoms with E-state index in [0.717, 1.165) is 14.2 Å². The van der Waals surface area contributed by atoms with E-state index in [1.54, 1.807) is 13.8 Å². The van der Waals surface area contributed by atoms with Crippen LogP contribution in [-0.2, 0) is 46.0 Å². The fourth-order valence-electron chi connectivity index (χ4n) is 1.01. The maximum Gasteiger partial charge on any atom is 1.00 e. The van der Waals surface area contributed by atoms with Crippen LogP contribution in [0.5, 0.6) is 0 Å². The number of ether oxygens (including phenoxy) is 3. The van der Waals surface area contributed by atoms with Gasteiger partial charge in [-0.1, -0.05) is 0 Å². The molecule has 15 nitrogen and oxygen atoms in total. The number of carbonyl (C=O) groups excluding carboxylic acids is 3. The predicted octanol–water partition coefficient (Wildman–Crippen LogP) is -3.45. The first-order valence-electron chi connectivity index (χ1n) is 8.32. The van der Waals surface area contributed by atoms with Gasteiger partial charge >= 0.3 is 63.6 Å². The minimum atomic E-state index is -4.39. The quantitative estimate of drug-likeness (QED) is 0.116. The van der Waals surface area contributed by atoms with Crippen LogP contribution in [0.15, 0.2) is 0 Å². The Balaban J connectivity index is -0.000000115. The van der Waals surface area contributed by atoms with Crippen molar-refractivity contribution in [3.8, 4) is 0 Å². The Hall–Kier alpha value is -0.235. The average Bonchev–Trinajstić information content (AvgIpc) is 2.67. The molecule has 0 radical (unpaired) electrons. The Bertz CT molecular complexity index is 607. The summed E-state index contributed by atoms with van der Waals surface area (Å²) in [6.45, 7) is 6.49. The van der Waals surface area contributed by atoms with Crippen LogP contribution in [0.4, 0.5) is 14.4 Å². The van der Waals surface area contributed by atoms with Crippen LogP contribution < -0.4 is 47.5 Å². The first-order valence-corrected chi connectivity index (χ1v) is 12.5. The number of methoxy groups -OCH3 is 2. The van der Waals surface area contributed by atoms with Crippen molar-refractivity contribution in [1.82, 2.24) is 0 Å². The molecule has 3 atom stereocenters. The third-order valence-corrected chi connectivity index (χ3v) is 5.26. The smallest absolute Gasteiger partial charge is 0.770 e. The van der Waals surface area contributed by atoms with Gasteiger partial charge < -0.3 is 33.0 Å². The Morgan fingerprint density at radius 3 is 1.36 bits per heavy atom. The third kappa shape index (κ3) is 24.7. The van der Waals surface area contributed by atoms with E-state index in [9.17, 15) is 37.9 Å². The van der Waals surface area contributed by atoms with Crippen molar-refractivity contribution in [1.29, 1.82) is 0 Å². The molecule has 0 aliphatic rings. The maximum atomic E-state index is 10.5. The molecular weight excluding hydrogens is 503 g/mol. The van der Waals surface area contributed by atoms with E-state index in [1.807, 2.05) is 0 Å². The molecule has 0 rings (SSSR count). The second-order valence-electron chi connectivity index (χ2n) is 4.19. The van der Waals surface area contributed by atoms with Crippen molar-refractivity contribution < 1.29 is 108 Å². The molecule has 20 heteroatoms. The van der Waals surface area contributed by atoms with Gasteiger partial charge in [-0.2, -0.15) is 4.79 Å². The van der Waals surface area contributed by atoms with E-state index in [0.29, 0.717) is 0 Å². The summed E-state index contributed by atoms with van der Waals surface area (Å²) in [6, 6.07) is 0. The van der Waals surface area contributed by atoms with E-state index < -0.39 is 41.0 Å². The molecule has 0 saturated carbocycles. The zero-order valence-corrected chi connectivity index (χ0v) is 22.5. The minimum Gasteiger partial charge on any atom is -0.770 e. The second kappa shape index (κ2) is 24.9. The predicted molar refractivity (Wildman–Crippen MR) is 101 cm³/mol. The molecule has 0 amide bonds. The second-order valence-corrected chi connectivity index (χ2v) is 8.31. The van der Waals surface area contributed by atoms with Crippen molar-refractivity contribution in [2.45, 2.75) is 27.7 Å². The number of hydrogen-bond acceptors (Lipinski definition) is 15. The summed E-state index contributed by atoms with van der Waals surface area (Å²) < 4.78 is 60.5. The van der Waals surface area contributed by atoms with Crippen molar-refractivity contribution in [2.75, 3.05) is 40.6 Å². The molecule has 0 aromatic carbocycles. The van der Waals surface area contributed by atoms with Gasteiger partial charge in [0.2, 0.25) is 15.2 Å². The van der Waals surface area contributed by atoms with Gasteiger partial charge in [-0.05, 0) is 27.7 Å². The molecular formula is C13H26Li2O15P3+. The summed E-state index contributed by atoms with van der Waals surface area (Å²) in [5.74, 6) is 0. The minimum absolute atomic E-state index is 0. The normalized spacial score (nSPS) is 13.2. The average molecular weight is 529 g/mol. The number of rotatable bonds is 10. The maximum absolute atomic E-state index is 10.5. The summed E-state index contributed by atoms with van der Waals surface area (Å²) in [7, 11) is -9.19. The first-order chi connectivity index (χ1) is 14.3. The molecule has 33 heavy (non-hydrogen) atoms. The largest absolute Gasteiger partial charge is 1.00 e. The summed E-state index contributed by atoms with van der Waals surface area (Å²) in [5.41, 5.74) is -2.68. The van der Waals surface area contributed by atoms with Crippen molar-refractivity contribution in [2.24, 2.45) is 0 Å². The van der Waals surface area contributed by atoms with E-state index >= 15 is 0 Å². The van der Waals surface area contributed by atoms with Gasteiger partial charge in [0.05, 0.1) is 34.0 Å². The first kappa shape index (κ1) is 42.9. The fourth-order valence-corrected chi connectivity index (χ4v) is 2.78. The number of hydrogen-bond donors (Lipinski definition) is 0. The van der Waals surface area contributed by atoms with E-state index in [2.05, 4.69) is 32.3 Å². The fraction of sp³-hybridized carbons (Fsp3) is 0.769. The zero-order chi connectivity index (χ0) is 25.1. The van der Waals surface area contributed by atoms with Gasteiger partial charge in [-0.3, -0.25) is 9.13 Å². The zero-order valence-electron chi connectivity index (χ0n) is 19.8. The van der Waals surface area contributed by atoms with Crippen LogP contribution in [0.2, 0.25) is 0 Å². The van der Waals surface area contributed by atoms with Gasteiger partial charge in [0.25, 0.3) is 0 Å². The molecule has 0 aromatic rings. The monoisotopic (exact) mass is 529 g/mol. The molecule has 3 unspecified atom stereocenters. The molecule has 0 saturated heterocycles. The van der Waals surface area contributed by atoms with Gasteiger partial charge in [-0.15, -0.1) is 9.05 Å². The Morgan fingerprint density at radius 1 is 0.758 bits per heavy atom. The molecule has 184 valence electrons. The summed E-state index contributed by atoms with van der Waals surface area (Å²) in [5, 5.41) is 0. The number of carbonyl (C=O) groups is 3. The van der Waals surface area contributed by atoms with Crippen LogP contribution in [0, 0.1) is 0 Å². The van der Waals surface area contributed by atoms with Gasteiger partial charge in [-0.25, -0.2) is 9.59 Å². The summed E-state index contributed by atoms with van der Waals surface area (Å²) >= 11 is 0. The Kier molecular flexibility index (Phi) is 32.3. The van der Waals surface area contributed by atoms with E-state index in [-0.39, 0.29) is 64.1 Å².